The van der Waals surface area contributed by atoms with E-state index in [0.29, 0.717) is 24.1 Å². The van der Waals surface area contributed by atoms with Crippen LogP contribution in [0.25, 0.3) is 0 Å². The molecule has 0 aliphatic carbocycles. The summed E-state index contributed by atoms with van der Waals surface area (Å²) in [5.74, 6) is 0.604. The molecule has 0 radical (unpaired) electrons. The van der Waals surface area contributed by atoms with Gasteiger partial charge in [0.05, 0.1) is 30.7 Å². The molecular weight excluding hydrogens is 568 g/mol. The topological polar surface area (TPSA) is 80.6 Å². The van der Waals surface area contributed by atoms with E-state index in [2.05, 4.69) is 76.6 Å². The number of H-pyrrole nitrogens is 1. The molecule has 0 atom stereocenters. The van der Waals surface area contributed by atoms with Gasteiger partial charge in [-0.25, -0.2) is 9.97 Å². The molecule has 0 amide bonds. The SMILES string of the molecule is Brc1cnc[nH]1.CCCCCC(=O)CBr.CCCCCC(=O)Cn1cnc(Br)c1. The Labute approximate surface area is 199 Å². The number of imidazole rings is 2. The maximum atomic E-state index is 11.4. The summed E-state index contributed by atoms with van der Waals surface area (Å²) in [6.07, 6.45) is 15.0. The molecule has 0 saturated carbocycles. The Morgan fingerprint density at radius 1 is 1.03 bits per heavy atom. The van der Waals surface area contributed by atoms with E-state index in [1.807, 2.05) is 6.20 Å². The highest BCUT2D eigenvalue weighted by Gasteiger charge is 2.03. The van der Waals surface area contributed by atoms with E-state index in [4.69, 9.17) is 0 Å². The highest BCUT2D eigenvalue weighted by molar-refractivity contribution is 9.10. The van der Waals surface area contributed by atoms with Gasteiger partial charge in [-0.15, -0.1) is 0 Å². The van der Waals surface area contributed by atoms with E-state index in [9.17, 15) is 9.59 Å². The lowest BCUT2D eigenvalue weighted by Gasteiger charge is -2.00. The first-order chi connectivity index (χ1) is 13.9. The van der Waals surface area contributed by atoms with Crippen molar-refractivity contribution in [3.63, 3.8) is 0 Å². The number of Topliss-reactive ketones (excluding diaryl/α,β-unsaturated/α-hetero) is 2. The maximum Gasteiger partial charge on any atom is 0.152 e. The van der Waals surface area contributed by atoms with Crippen LogP contribution in [0.1, 0.15) is 65.2 Å². The number of aromatic nitrogens is 4. The number of alkyl halides is 1. The Balaban J connectivity index is 0.000000446. The van der Waals surface area contributed by atoms with E-state index < -0.39 is 0 Å². The second-order valence-electron chi connectivity index (χ2n) is 6.39. The van der Waals surface area contributed by atoms with E-state index in [-0.39, 0.29) is 5.78 Å². The molecule has 2 aromatic heterocycles. The fourth-order valence-electron chi connectivity index (χ4n) is 2.15. The second-order valence-corrected chi connectivity index (χ2v) is 8.62. The van der Waals surface area contributed by atoms with Gasteiger partial charge in [-0.1, -0.05) is 55.5 Å². The van der Waals surface area contributed by atoms with Crippen LogP contribution in [-0.4, -0.2) is 36.4 Å². The average Bonchev–Trinajstić information content (AvgIpc) is 3.34. The van der Waals surface area contributed by atoms with Gasteiger partial charge in [-0.2, -0.15) is 0 Å². The summed E-state index contributed by atoms with van der Waals surface area (Å²) in [5, 5.41) is 0.525. The molecule has 164 valence electrons. The van der Waals surface area contributed by atoms with Gasteiger partial charge in [0.15, 0.2) is 5.78 Å². The summed E-state index contributed by atoms with van der Waals surface area (Å²) >= 11 is 9.52. The molecule has 2 heterocycles. The quantitative estimate of drug-likeness (QED) is 0.237. The van der Waals surface area contributed by atoms with Gasteiger partial charge in [0.25, 0.3) is 0 Å². The van der Waals surface area contributed by atoms with Crippen molar-refractivity contribution in [2.45, 2.75) is 71.8 Å². The van der Waals surface area contributed by atoms with Gasteiger partial charge in [0.2, 0.25) is 0 Å². The third-order valence-electron chi connectivity index (χ3n) is 3.69. The van der Waals surface area contributed by atoms with Crippen molar-refractivity contribution in [1.29, 1.82) is 0 Å². The van der Waals surface area contributed by atoms with Crippen LogP contribution >= 0.6 is 47.8 Å². The predicted octanol–water partition coefficient (Wildman–Crippen LogP) is 6.50. The highest BCUT2D eigenvalue weighted by Crippen LogP contribution is 2.06. The maximum absolute atomic E-state index is 11.4. The molecule has 9 heteroatoms. The Morgan fingerprint density at radius 3 is 2.03 bits per heavy atom. The van der Waals surface area contributed by atoms with Crippen LogP contribution in [-0.2, 0) is 16.1 Å². The molecule has 1 N–H and O–H groups in total. The Morgan fingerprint density at radius 2 is 1.66 bits per heavy atom. The minimum absolute atomic E-state index is 0.281. The lowest BCUT2D eigenvalue weighted by atomic mass is 10.1. The van der Waals surface area contributed by atoms with E-state index in [0.717, 1.165) is 41.3 Å². The molecule has 29 heavy (non-hydrogen) atoms. The number of hydrogen-bond donors (Lipinski definition) is 1. The molecular formula is C20H31Br3N4O2. The van der Waals surface area contributed by atoms with Crippen molar-refractivity contribution in [3.05, 3.63) is 34.3 Å². The lowest BCUT2D eigenvalue weighted by Crippen LogP contribution is -2.07. The van der Waals surface area contributed by atoms with Crippen molar-refractivity contribution in [2.24, 2.45) is 0 Å². The number of carbonyl (C=O) groups excluding carboxylic acids is 2. The molecule has 0 aliphatic rings. The molecule has 0 unspecified atom stereocenters. The Hall–Kier alpha value is -0.800. The normalized spacial score (nSPS) is 9.83. The predicted molar refractivity (Wildman–Crippen MR) is 128 cm³/mol. The van der Waals surface area contributed by atoms with Crippen LogP contribution in [0.4, 0.5) is 0 Å². The minimum atomic E-state index is 0.281. The van der Waals surface area contributed by atoms with E-state index in [1.165, 1.54) is 12.8 Å². The van der Waals surface area contributed by atoms with Crippen LogP contribution in [0.5, 0.6) is 0 Å². The summed E-state index contributed by atoms with van der Waals surface area (Å²) in [5.41, 5.74) is 0. The number of nitrogens with one attached hydrogen (secondary N) is 1. The van der Waals surface area contributed by atoms with Crippen molar-refractivity contribution in [3.8, 4) is 0 Å². The molecule has 0 saturated heterocycles. The number of rotatable bonds is 11. The van der Waals surface area contributed by atoms with Gasteiger partial charge in [-0.05, 0) is 44.7 Å². The molecule has 2 aromatic rings. The summed E-state index contributed by atoms with van der Waals surface area (Å²) in [6.45, 7) is 4.72. The average molecular weight is 599 g/mol. The fourth-order valence-corrected chi connectivity index (χ4v) is 3.01. The highest BCUT2D eigenvalue weighted by atomic mass is 79.9. The molecule has 0 bridgehead atoms. The van der Waals surface area contributed by atoms with Crippen molar-refractivity contribution >= 4 is 59.4 Å². The summed E-state index contributed by atoms with van der Waals surface area (Å²) in [6, 6.07) is 0. The third kappa shape index (κ3) is 17.7. The van der Waals surface area contributed by atoms with Crippen molar-refractivity contribution < 1.29 is 9.59 Å². The first-order valence-electron chi connectivity index (χ1n) is 9.83. The third-order valence-corrected chi connectivity index (χ3v) is 5.16. The van der Waals surface area contributed by atoms with Crippen LogP contribution in [0.2, 0.25) is 0 Å². The second kappa shape index (κ2) is 19.2. The van der Waals surface area contributed by atoms with Gasteiger partial charge in [0.1, 0.15) is 15.0 Å². The molecule has 0 fully saturated rings. The first-order valence-corrected chi connectivity index (χ1v) is 12.5. The lowest BCUT2D eigenvalue weighted by molar-refractivity contribution is -0.119. The van der Waals surface area contributed by atoms with Gasteiger partial charge < -0.3 is 9.55 Å². The Kier molecular flexibility index (Phi) is 18.7. The fraction of sp³-hybridized carbons (Fsp3) is 0.600. The van der Waals surface area contributed by atoms with Crippen molar-refractivity contribution in [1.82, 2.24) is 19.5 Å². The van der Waals surface area contributed by atoms with E-state index >= 15 is 0 Å². The standard InChI is InChI=1S/C10H15BrN2O.C7H13BrO.C3H3BrN2/c1-2-3-4-5-9(14)6-13-7-10(11)12-8-13;1-2-3-4-5-7(9)6-8;4-3-1-5-2-6-3/h7-8H,2-6H2,1H3;2-6H2,1H3;1-2H,(H,5,6). The minimum Gasteiger partial charge on any atom is -0.339 e. The van der Waals surface area contributed by atoms with Crippen LogP contribution < -0.4 is 0 Å². The van der Waals surface area contributed by atoms with Crippen molar-refractivity contribution in [2.75, 3.05) is 5.33 Å². The zero-order chi connectivity index (χ0) is 21.9. The summed E-state index contributed by atoms with van der Waals surface area (Å²) in [7, 11) is 0. The molecule has 0 aliphatic heterocycles. The van der Waals surface area contributed by atoms with Crippen LogP contribution in [0.3, 0.4) is 0 Å². The molecule has 2 rings (SSSR count). The van der Waals surface area contributed by atoms with E-state index in [1.54, 1.807) is 23.4 Å². The number of ketones is 2. The zero-order valence-corrected chi connectivity index (χ0v) is 21.9. The molecule has 0 aromatic carbocycles. The monoisotopic (exact) mass is 596 g/mol. The smallest absolute Gasteiger partial charge is 0.152 e. The number of carbonyl (C=O) groups is 2. The number of hydrogen-bond acceptors (Lipinski definition) is 4. The number of aromatic amines is 1. The number of nitrogens with zero attached hydrogens (tertiary/aromatic N) is 3. The molecule has 0 spiro atoms. The largest absolute Gasteiger partial charge is 0.339 e. The molecule has 6 nitrogen and oxygen atoms in total. The zero-order valence-electron chi connectivity index (χ0n) is 17.2. The van der Waals surface area contributed by atoms with Crippen LogP contribution in [0.15, 0.2) is 34.3 Å². The van der Waals surface area contributed by atoms with Crippen LogP contribution in [0, 0.1) is 0 Å². The van der Waals surface area contributed by atoms with Gasteiger partial charge in [0, 0.05) is 19.0 Å². The summed E-state index contributed by atoms with van der Waals surface area (Å²) < 4.78 is 3.50. The first kappa shape index (κ1) is 28.2. The Bertz CT molecular complexity index is 660. The van der Waals surface area contributed by atoms with Gasteiger partial charge >= 0.3 is 0 Å². The number of halogens is 3. The number of unbranched alkanes of at least 4 members (excludes halogenated alkanes) is 4. The van der Waals surface area contributed by atoms with Gasteiger partial charge in [-0.3, -0.25) is 9.59 Å². The summed E-state index contributed by atoms with van der Waals surface area (Å²) in [4.78, 5) is 32.6.